The fraction of sp³-hybridized carbons (Fsp3) is 0.640. The summed E-state index contributed by atoms with van der Waals surface area (Å²) >= 11 is 0. The largest absolute Gasteiger partial charge is 0.393 e. The van der Waals surface area contributed by atoms with Crippen molar-refractivity contribution >= 4 is 17.5 Å². The van der Waals surface area contributed by atoms with Gasteiger partial charge in [-0.1, -0.05) is 20.3 Å². The SMILES string of the molecule is CC1(C)Cc2c(-c3cc(NC(=O)[C@H]4CCC[C@@H](CC(=O)C5CC(O)C5)C4)ncn3)cnn2C1. The van der Waals surface area contributed by atoms with Gasteiger partial charge in [0.25, 0.3) is 0 Å². The first-order valence-electron chi connectivity index (χ1n) is 12.2. The zero-order chi connectivity index (χ0) is 23.2. The number of hydrogen-bond acceptors (Lipinski definition) is 6. The van der Waals surface area contributed by atoms with Crippen LogP contribution in [0.2, 0.25) is 0 Å². The van der Waals surface area contributed by atoms with Crippen molar-refractivity contribution in [2.24, 2.45) is 23.2 Å². The van der Waals surface area contributed by atoms with Crippen LogP contribution in [0, 0.1) is 23.2 Å². The maximum absolute atomic E-state index is 13.0. The number of nitrogens with one attached hydrogen (secondary N) is 1. The number of amides is 1. The molecular formula is C25H33N5O3. The molecule has 176 valence electrons. The second-order valence-electron chi connectivity index (χ2n) is 11.0. The van der Waals surface area contributed by atoms with E-state index in [4.69, 9.17) is 0 Å². The lowest BCUT2D eigenvalue weighted by Gasteiger charge is -2.33. The Balaban J connectivity index is 1.21. The van der Waals surface area contributed by atoms with Crippen molar-refractivity contribution in [2.45, 2.75) is 77.9 Å². The summed E-state index contributed by atoms with van der Waals surface area (Å²) in [5.41, 5.74) is 3.12. The van der Waals surface area contributed by atoms with Gasteiger partial charge in [0.15, 0.2) is 0 Å². The molecule has 0 spiro atoms. The number of anilines is 1. The third-order valence-corrected chi connectivity index (χ3v) is 7.58. The average Bonchev–Trinajstić information content (AvgIpc) is 3.26. The van der Waals surface area contributed by atoms with Gasteiger partial charge in [-0.2, -0.15) is 5.10 Å². The molecule has 8 nitrogen and oxygen atoms in total. The lowest BCUT2D eigenvalue weighted by Crippen LogP contribution is -2.36. The average molecular weight is 452 g/mol. The van der Waals surface area contributed by atoms with Crippen molar-refractivity contribution in [2.75, 3.05) is 5.32 Å². The Morgan fingerprint density at radius 2 is 2.00 bits per heavy atom. The quantitative estimate of drug-likeness (QED) is 0.697. The fourth-order valence-corrected chi connectivity index (χ4v) is 5.68. The Labute approximate surface area is 194 Å². The third kappa shape index (κ3) is 4.71. The van der Waals surface area contributed by atoms with Crippen molar-refractivity contribution < 1.29 is 14.7 Å². The monoisotopic (exact) mass is 451 g/mol. The Morgan fingerprint density at radius 3 is 2.79 bits per heavy atom. The number of aliphatic hydroxyl groups is 1. The molecule has 33 heavy (non-hydrogen) atoms. The van der Waals surface area contributed by atoms with E-state index in [9.17, 15) is 14.7 Å². The maximum Gasteiger partial charge on any atom is 0.228 e. The van der Waals surface area contributed by atoms with E-state index in [1.54, 1.807) is 0 Å². The summed E-state index contributed by atoms with van der Waals surface area (Å²) in [6.07, 6.45) is 9.22. The van der Waals surface area contributed by atoms with Gasteiger partial charge < -0.3 is 10.4 Å². The standard InChI is InChI=1S/C25H33N5O3/c1-25(2)11-21-19(12-28-30(21)13-25)20-10-23(27-14-26-20)29-24(33)16-5-3-4-15(6-16)7-22(32)17-8-18(31)9-17/h10,12,14-18,31H,3-9,11,13H2,1-2H3,(H,26,27,29,33)/t15-,16+,17?,18?/m1/s1. The highest BCUT2D eigenvalue weighted by Crippen LogP contribution is 2.37. The Hall–Kier alpha value is -2.61. The van der Waals surface area contributed by atoms with E-state index in [1.165, 1.54) is 12.0 Å². The van der Waals surface area contributed by atoms with Crippen LogP contribution in [0.3, 0.4) is 0 Å². The van der Waals surface area contributed by atoms with Crippen LogP contribution in [0.25, 0.3) is 11.3 Å². The summed E-state index contributed by atoms with van der Waals surface area (Å²) in [6, 6.07) is 1.83. The molecule has 3 heterocycles. The number of aromatic nitrogens is 4. The summed E-state index contributed by atoms with van der Waals surface area (Å²) < 4.78 is 2.05. The van der Waals surface area contributed by atoms with E-state index in [-0.39, 0.29) is 41.0 Å². The normalized spacial score (nSPS) is 28.1. The molecule has 0 bridgehead atoms. The number of nitrogens with zero attached hydrogens (tertiary/aromatic N) is 4. The molecular weight excluding hydrogens is 418 g/mol. The van der Waals surface area contributed by atoms with Crippen molar-refractivity contribution in [1.29, 1.82) is 0 Å². The molecule has 8 heteroatoms. The van der Waals surface area contributed by atoms with Crippen molar-refractivity contribution in [3.63, 3.8) is 0 Å². The summed E-state index contributed by atoms with van der Waals surface area (Å²) in [5, 5.41) is 17.0. The minimum absolute atomic E-state index is 0.0181. The zero-order valence-corrected chi connectivity index (χ0v) is 19.5. The number of fused-ring (bicyclic) bond motifs is 1. The highest BCUT2D eigenvalue weighted by atomic mass is 16.3. The molecule has 5 rings (SSSR count). The van der Waals surface area contributed by atoms with Crippen LogP contribution < -0.4 is 5.32 Å². The van der Waals surface area contributed by atoms with Crippen molar-refractivity contribution in [3.05, 3.63) is 24.3 Å². The fourth-order valence-electron chi connectivity index (χ4n) is 5.68. The van der Waals surface area contributed by atoms with Crippen LogP contribution in [-0.4, -0.2) is 42.6 Å². The van der Waals surface area contributed by atoms with E-state index in [1.807, 2.05) is 16.9 Å². The molecule has 0 unspecified atom stereocenters. The molecule has 2 N–H and O–H groups in total. The molecule has 2 aromatic rings. The molecule has 2 atom stereocenters. The predicted octanol–water partition coefficient (Wildman–Crippen LogP) is 3.40. The highest BCUT2D eigenvalue weighted by Gasteiger charge is 2.36. The first kappa shape index (κ1) is 22.2. The van der Waals surface area contributed by atoms with Gasteiger partial charge in [0, 0.05) is 42.1 Å². The predicted molar refractivity (Wildman–Crippen MR) is 123 cm³/mol. The molecule has 0 saturated heterocycles. The number of hydrogen-bond donors (Lipinski definition) is 2. The van der Waals surface area contributed by atoms with E-state index < -0.39 is 0 Å². The van der Waals surface area contributed by atoms with Crippen molar-refractivity contribution in [3.8, 4) is 11.3 Å². The summed E-state index contributed by atoms with van der Waals surface area (Å²) in [4.78, 5) is 34.2. The van der Waals surface area contributed by atoms with E-state index in [0.29, 0.717) is 25.1 Å². The summed E-state index contributed by atoms with van der Waals surface area (Å²) in [5.74, 6) is 0.886. The van der Waals surface area contributed by atoms with Gasteiger partial charge in [0.2, 0.25) is 5.91 Å². The summed E-state index contributed by atoms with van der Waals surface area (Å²) in [6.45, 7) is 5.36. The molecule has 0 aromatic carbocycles. The first-order chi connectivity index (χ1) is 15.8. The molecule has 1 aliphatic heterocycles. The van der Waals surface area contributed by atoms with Gasteiger partial charge in [-0.3, -0.25) is 14.3 Å². The van der Waals surface area contributed by atoms with Crippen LogP contribution in [0.5, 0.6) is 0 Å². The molecule has 2 fully saturated rings. The molecule has 2 aliphatic carbocycles. The number of aliphatic hydroxyl groups excluding tert-OH is 1. The molecule has 3 aliphatic rings. The molecule has 1 amide bonds. The van der Waals surface area contributed by atoms with Gasteiger partial charge in [-0.25, -0.2) is 9.97 Å². The van der Waals surface area contributed by atoms with Crippen LogP contribution >= 0.6 is 0 Å². The summed E-state index contributed by atoms with van der Waals surface area (Å²) in [7, 11) is 0. The topological polar surface area (TPSA) is 110 Å². The first-order valence-corrected chi connectivity index (χ1v) is 12.2. The van der Waals surface area contributed by atoms with Crippen molar-refractivity contribution in [1.82, 2.24) is 19.7 Å². The third-order valence-electron chi connectivity index (χ3n) is 7.58. The zero-order valence-electron chi connectivity index (χ0n) is 19.5. The minimum atomic E-state index is -0.308. The smallest absolute Gasteiger partial charge is 0.228 e. The van der Waals surface area contributed by atoms with Crippen LogP contribution in [0.1, 0.15) is 64.5 Å². The van der Waals surface area contributed by atoms with Gasteiger partial charge in [-0.15, -0.1) is 0 Å². The van der Waals surface area contributed by atoms with E-state index in [2.05, 4.69) is 34.2 Å². The Morgan fingerprint density at radius 1 is 1.18 bits per heavy atom. The van der Waals surface area contributed by atoms with Gasteiger partial charge in [-0.05, 0) is 49.9 Å². The maximum atomic E-state index is 13.0. The minimum Gasteiger partial charge on any atom is -0.393 e. The lowest BCUT2D eigenvalue weighted by molar-refractivity contribution is -0.131. The van der Waals surface area contributed by atoms with Crippen LogP contribution in [-0.2, 0) is 22.6 Å². The second-order valence-corrected chi connectivity index (χ2v) is 11.0. The number of carbonyl (C=O) groups excluding carboxylic acids is 2. The number of rotatable bonds is 6. The second kappa shape index (κ2) is 8.63. The number of Topliss-reactive ketones (excluding diaryl/α,β-unsaturated/α-hetero) is 1. The van der Waals surface area contributed by atoms with Gasteiger partial charge in [0.05, 0.1) is 18.0 Å². The van der Waals surface area contributed by atoms with Crippen LogP contribution in [0.4, 0.5) is 5.82 Å². The Bertz CT molecular complexity index is 1060. The van der Waals surface area contributed by atoms with E-state index in [0.717, 1.165) is 49.9 Å². The Kier molecular flexibility index (Phi) is 5.80. The molecule has 2 aromatic heterocycles. The number of carbonyl (C=O) groups is 2. The number of ketones is 1. The lowest BCUT2D eigenvalue weighted by atomic mass is 9.73. The van der Waals surface area contributed by atoms with E-state index >= 15 is 0 Å². The molecule has 0 radical (unpaired) electrons. The van der Waals surface area contributed by atoms with Gasteiger partial charge in [0.1, 0.15) is 17.9 Å². The van der Waals surface area contributed by atoms with Crippen LogP contribution in [0.15, 0.2) is 18.6 Å². The molecule has 2 saturated carbocycles. The highest BCUT2D eigenvalue weighted by molar-refractivity contribution is 5.92. The van der Waals surface area contributed by atoms with Gasteiger partial charge >= 0.3 is 0 Å².